The van der Waals surface area contributed by atoms with E-state index in [2.05, 4.69) is 0 Å². The van der Waals surface area contributed by atoms with Crippen molar-refractivity contribution in [2.24, 2.45) is 0 Å². The summed E-state index contributed by atoms with van der Waals surface area (Å²) in [6.45, 7) is 6.54. The maximum atomic E-state index is 12.2. The molecule has 116 valence electrons. The van der Waals surface area contributed by atoms with Gasteiger partial charge in [0.05, 0.1) is 12.2 Å². The van der Waals surface area contributed by atoms with E-state index in [0.717, 1.165) is 16.2 Å². The molecule has 0 aliphatic carbocycles. The number of nitrogens with zero attached hydrogens (tertiary/aromatic N) is 1. The first-order chi connectivity index (χ1) is 9.86. The van der Waals surface area contributed by atoms with Gasteiger partial charge in [-0.15, -0.1) is 11.3 Å². The van der Waals surface area contributed by atoms with E-state index in [4.69, 9.17) is 14.6 Å². The van der Waals surface area contributed by atoms with Crippen molar-refractivity contribution in [3.05, 3.63) is 15.8 Å². The fourth-order valence-electron chi connectivity index (χ4n) is 2.36. The van der Waals surface area contributed by atoms with Gasteiger partial charge in [0, 0.05) is 18.0 Å². The number of carbonyl (C=O) groups excluding carboxylic acids is 1. The second-order valence-electron chi connectivity index (χ2n) is 5.20. The summed E-state index contributed by atoms with van der Waals surface area (Å²) in [6.07, 6.45) is -0.00801. The van der Waals surface area contributed by atoms with Gasteiger partial charge >= 0.3 is 5.97 Å². The molecule has 2 rings (SSSR count). The zero-order chi connectivity index (χ0) is 15.6. The van der Waals surface area contributed by atoms with Crippen molar-refractivity contribution in [3.63, 3.8) is 0 Å². The minimum absolute atomic E-state index is 0.00401. The van der Waals surface area contributed by atoms with Crippen molar-refractivity contribution in [1.29, 1.82) is 0 Å². The molecule has 0 aromatic carbocycles. The molecule has 1 aliphatic rings. The average molecular weight is 313 g/mol. The Kier molecular flexibility index (Phi) is 4.84. The molecule has 2 heterocycles. The Hall–Kier alpha value is -1.60. The molecule has 0 saturated carbocycles. The quantitative estimate of drug-likeness (QED) is 0.917. The van der Waals surface area contributed by atoms with Crippen LogP contribution in [0.15, 0.2) is 6.07 Å². The molecule has 0 spiro atoms. The molecule has 1 fully saturated rings. The number of amides is 1. The molecule has 0 bridgehead atoms. The van der Waals surface area contributed by atoms with Gasteiger partial charge in [-0.25, -0.2) is 4.79 Å². The van der Waals surface area contributed by atoms with E-state index in [9.17, 15) is 9.59 Å². The van der Waals surface area contributed by atoms with Crippen molar-refractivity contribution in [2.75, 3.05) is 19.7 Å². The highest BCUT2D eigenvalue weighted by molar-refractivity contribution is 7.14. The Morgan fingerprint density at radius 1 is 1.43 bits per heavy atom. The number of thiophene rings is 1. The monoisotopic (exact) mass is 313 g/mol. The summed E-state index contributed by atoms with van der Waals surface area (Å²) in [7, 11) is 0. The first kappa shape index (κ1) is 15.8. The fraction of sp³-hybridized carbons (Fsp3) is 0.571. The summed E-state index contributed by atoms with van der Waals surface area (Å²) in [5, 5.41) is 9.08. The molecule has 1 aromatic rings. The summed E-state index contributed by atoms with van der Waals surface area (Å²) in [5.41, 5.74) is 0. The van der Waals surface area contributed by atoms with Crippen molar-refractivity contribution < 1.29 is 24.2 Å². The molecule has 0 radical (unpaired) electrons. The predicted molar refractivity (Wildman–Crippen MR) is 78.1 cm³/mol. The van der Waals surface area contributed by atoms with Crippen molar-refractivity contribution >= 4 is 23.2 Å². The van der Waals surface area contributed by atoms with E-state index in [1.54, 1.807) is 17.9 Å². The van der Waals surface area contributed by atoms with Crippen LogP contribution in [0.4, 0.5) is 0 Å². The third kappa shape index (κ3) is 3.95. The van der Waals surface area contributed by atoms with Crippen LogP contribution in [-0.4, -0.2) is 53.8 Å². The van der Waals surface area contributed by atoms with Crippen LogP contribution in [-0.2, 0) is 9.53 Å². The third-order valence-electron chi connectivity index (χ3n) is 3.14. The summed E-state index contributed by atoms with van der Waals surface area (Å²) >= 11 is 1.14. The van der Waals surface area contributed by atoms with E-state index in [0.29, 0.717) is 13.1 Å². The van der Waals surface area contributed by atoms with Gasteiger partial charge < -0.3 is 19.5 Å². The normalized spacial score (nSPS) is 22.1. The Morgan fingerprint density at radius 2 is 2.05 bits per heavy atom. The Morgan fingerprint density at radius 3 is 2.62 bits per heavy atom. The van der Waals surface area contributed by atoms with Gasteiger partial charge in [-0.3, -0.25) is 4.79 Å². The molecule has 1 aliphatic heterocycles. The molecule has 1 aromatic heterocycles. The lowest BCUT2D eigenvalue weighted by atomic mass is 10.2. The van der Waals surface area contributed by atoms with Crippen molar-refractivity contribution in [3.8, 4) is 5.75 Å². The molecule has 21 heavy (non-hydrogen) atoms. The number of aryl methyl sites for hydroxylation is 1. The molecule has 6 nitrogen and oxygen atoms in total. The molecule has 1 amide bonds. The van der Waals surface area contributed by atoms with Crippen LogP contribution in [0.5, 0.6) is 5.75 Å². The SMILES string of the molecule is Cc1cc(OCC(=O)N2CC(C)OC(C)C2)c(C(=O)O)s1. The number of ether oxygens (including phenoxy) is 2. The number of hydrogen-bond acceptors (Lipinski definition) is 5. The summed E-state index contributed by atoms with van der Waals surface area (Å²) in [5.74, 6) is -0.936. The summed E-state index contributed by atoms with van der Waals surface area (Å²) < 4.78 is 11.0. The fourth-order valence-corrected chi connectivity index (χ4v) is 3.15. The lowest BCUT2D eigenvalue weighted by Crippen LogP contribution is -2.49. The Labute approximate surface area is 127 Å². The zero-order valence-electron chi connectivity index (χ0n) is 12.3. The standard InChI is InChI=1S/C14H19NO5S/c1-8-5-15(6-9(2)20-8)12(16)7-19-11-4-10(3)21-13(11)14(17)18/h4,8-9H,5-7H2,1-3H3,(H,17,18). The van der Waals surface area contributed by atoms with E-state index < -0.39 is 5.97 Å². The number of carbonyl (C=O) groups is 2. The molecular formula is C14H19NO5S. The number of aromatic carboxylic acids is 1. The lowest BCUT2D eigenvalue weighted by Gasteiger charge is -2.35. The van der Waals surface area contributed by atoms with Crippen LogP contribution < -0.4 is 4.74 Å². The maximum absolute atomic E-state index is 12.2. The van der Waals surface area contributed by atoms with Gasteiger partial charge in [0.2, 0.25) is 0 Å². The molecule has 2 atom stereocenters. The van der Waals surface area contributed by atoms with Gasteiger partial charge in [0.15, 0.2) is 11.5 Å². The second kappa shape index (κ2) is 6.44. The van der Waals surface area contributed by atoms with Crippen LogP contribution in [0.1, 0.15) is 28.4 Å². The van der Waals surface area contributed by atoms with Crippen LogP contribution in [0.25, 0.3) is 0 Å². The minimum atomic E-state index is -1.04. The van der Waals surface area contributed by atoms with Crippen molar-refractivity contribution in [1.82, 2.24) is 4.90 Å². The number of carboxylic acid groups (broad SMARTS) is 1. The first-order valence-corrected chi connectivity index (χ1v) is 7.58. The topological polar surface area (TPSA) is 76.1 Å². The average Bonchev–Trinajstić information content (AvgIpc) is 2.76. The second-order valence-corrected chi connectivity index (χ2v) is 6.46. The number of rotatable bonds is 4. The van der Waals surface area contributed by atoms with Gasteiger partial charge in [-0.2, -0.15) is 0 Å². The smallest absolute Gasteiger partial charge is 0.349 e. The molecule has 7 heteroatoms. The number of carboxylic acids is 1. The molecule has 1 N–H and O–H groups in total. The predicted octanol–water partition coefficient (Wildman–Crippen LogP) is 1.77. The van der Waals surface area contributed by atoms with E-state index >= 15 is 0 Å². The van der Waals surface area contributed by atoms with Gasteiger partial charge in [-0.1, -0.05) is 0 Å². The van der Waals surface area contributed by atoms with E-state index in [1.807, 2.05) is 13.8 Å². The maximum Gasteiger partial charge on any atom is 0.349 e. The van der Waals surface area contributed by atoms with Crippen LogP contribution >= 0.6 is 11.3 Å². The van der Waals surface area contributed by atoms with E-state index in [1.165, 1.54) is 0 Å². The van der Waals surface area contributed by atoms with Gasteiger partial charge in [0.25, 0.3) is 5.91 Å². The summed E-state index contributed by atoms with van der Waals surface area (Å²) in [4.78, 5) is 25.9. The van der Waals surface area contributed by atoms with Gasteiger partial charge in [-0.05, 0) is 26.8 Å². The largest absolute Gasteiger partial charge is 0.482 e. The Balaban J connectivity index is 1.96. The zero-order valence-corrected chi connectivity index (χ0v) is 13.1. The highest BCUT2D eigenvalue weighted by Gasteiger charge is 2.26. The van der Waals surface area contributed by atoms with E-state index in [-0.39, 0.29) is 35.3 Å². The highest BCUT2D eigenvalue weighted by Crippen LogP contribution is 2.28. The first-order valence-electron chi connectivity index (χ1n) is 6.76. The van der Waals surface area contributed by atoms with Crippen LogP contribution in [0, 0.1) is 6.92 Å². The lowest BCUT2D eigenvalue weighted by molar-refractivity contribution is -0.145. The minimum Gasteiger partial charge on any atom is -0.482 e. The molecule has 2 unspecified atom stereocenters. The highest BCUT2D eigenvalue weighted by atomic mass is 32.1. The third-order valence-corrected chi connectivity index (χ3v) is 4.16. The molecular weight excluding hydrogens is 294 g/mol. The number of hydrogen-bond donors (Lipinski definition) is 1. The number of morpholine rings is 1. The molecule has 1 saturated heterocycles. The van der Waals surface area contributed by atoms with Crippen molar-refractivity contribution in [2.45, 2.75) is 33.0 Å². The summed E-state index contributed by atoms with van der Waals surface area (Å²) in [6, 6.07) is 1.64. The Bertz CT molecular complexity index is 531. The van der Waals surface area contributed by atoms with Crippen LogP contribution in [0.3, 0.4) is 0 Å². The van der Waals surface area contributed by atoms with Gasteiger partial charge in [0.1, 0.15) is 5.75 Å². The van der Waals surface area contributed by atoms with Crippen LogP contribution in [0.2, 0.25) is 0 Å².